The van der Waals surface area contributed by atoms with Crippen LogP contribution in [0.4, 0.5) is 0 Å². The molecule has 2 rings (SSSR count). The number of hydrogen-bond donors (Lipinski definition) is 2. The van der Waals surface area contributed by atoms with Crippen LogP contribution in [0, 0.1) is 0 Å². The first-order chi connectivity index (χ1) is 4.47. The van der Waals surface area contributed by atoms with Crippen molar-refractivity contribution in [1.29, 1.82) is 0 Å². The summed E-state index contributed by atoms with van der Waals surface area (Å²) in [7, 11) is 0. The van der Waals surface area contributed by atoms with Gasteiger partial charge in [-0.25, -0.2) is 0 Å². The van der Waals surface area contributed by atoms with E-state index in [1.807, 2.05) is 0 Å². The van der Waals surface area contributed by atoms with Crippen molar-refractivity contribution in [3.8, 4) is 0 Å². The van der Waals surface area contributed by atoms with E-state index >= 15 is 0 Å². The molecule has 0 bridgehead atoms. The summed E-state index contributed by atoms with van der Waals surface area (Å²) in [6.45, 7) is 3.89. The van der Waals surface area contributed by atoms with E-state index in [-0.39, 0.29) is 0 Å². The highest BCUT2D eigenvalue weighted by Gasteiger charge is 2.30. The monoisotopic (exact) mass is 128 g/mol. The summed E-state index contributed by atoms with van der Waals surface area (Å²) in [5.41, 5.74) is 0. The van der Waals surface area contributed by atoms with E-state index < -0.39 is 0 Å². The number of hydrogen-bond acceptors (Lipinski definition) is 3. The van der Waals surface area contributed by atoms with Crippen molar-refractivity contribution in [2.75, 3.05) is 26.3 Å². The van der Waals surface area contributed by atoms with Gasteiger partial charge in [0.05, 0.1) is 13.2 Å². The minimum Gasteiger partial charge on any atom is -0.378 e. The molecule has 2 unspecified atom stereocenters. The van der Waals surface area contributed by atoms with Gasteiger partial charge in [-0.15, -0.1) is 0 Å². The quantitative estimate of drug-likeness (QED) is 0.436. The van der Waals surface area contributed by atoms with E-state index in [0.717, 1.165) is 26.3 Å². The predicted molar refractivity (Wildman–Crippen MR) is 34.4 cm³/mol. The summed E-state index contributed by atoms with van der Waals surface area (Å²) < 4.78 is 5.30. The van der Waals surface area contributed by atoms with Gasteiger partial charge in [0.15, 0.2) is 0 Å². The Labute approximate surface area is 54.8 Å². The summed E-state index contributed by atoms with van der Waals surface area (Å²) in [5.74, 6) is 0. The van der Waals surface area contributed by atoms with E-state index in [2.05, 4.69) is 10.6 Å². The molecule has 2 atom stereocenters. The Bertz CT molecular complexity index is 95.2. The molecule has 0 aromatic rings. The van der Waals surface area contributed by atoms with Gasteiger partial charge in [-0.1, -0.05) is 0 Å². The first-order valence-electron chi connectivity index (χ1n) is 3.51. The molecular weight excluding hydrogens is 116 g/mol. The summed E-state index contributed by atoms with van der Waals surface area (Å²) >= 11 is 0. The minimum absolute atomic E-state index is 0.590. The van der Waals surface area contributed by atoms with Crippen LogP contribution < -0.4 is 10.6 Å². The number of ether oxygens (including phenoxy) is 1. The molecule has 9 heavy (non-hydrogen) atoms. The van der Waals surface area contributed by atoms with Crippen LogP contribution in [0.3, 0.4) is 0 Å². The van der Waals surface area contributed by atoms with Crippen LogP contribution in [-0.4, -0.2) is 38.4 Å². The molecule has 0 amide bonds. The second kappa shape index (κ2) is 2.25. The third-order valence-electron chi connectivity index (χ3n) is 2.04. The molecule has 2 N–H and O–H groups in total. The van der Waals surface area contributed by atoms with Gasteiger partial charge in [0.25, 0.3) is 0 Å². The zero-order valence-corrected chi connectivity index (χ0v) is 5.39. The Hall–Kier alpha value is -0.120. The van der Waals surface area contributed by atoms with Crippen molar-refractivity contribution < 1.29 is 4.74 Å². The van der Waals surface area contributed by atoms with Gasteiger partial charge in [-0.3, -0.25) is 0 Å². The first-order valence-corrected chi connectivity index (χ1v) is 3.51. The molecule has 0 aliphatic carbocycles. The predicted octanol–water partition coefficient (Wildman–Crippen LogP) is -1.05. The second-order valence-corrected chi connectivity index (χ2v) is 2.65. The molecule has 0 aromatic carbocycles. The highest BCUT2D eigenvalue weighted by atomic mass is 16.5. The Kier molecular flexibility index (Phi) is 1.41. The topological polar surface area (TPSA) is 33.3 Å². The number of nitrogens with one attached hydrogen (secondary N) is 2. The highest BCUT2D eigenvalue weighted by molar-refractivity contribution is 4.94. The van der Waals surface area contributed by atoms with E-state index in [4.69, 9.17) is 4.74 Å². The lowest BCUT2D eigenvalue weighted by molar-refractivity contribution is 0.111. The Morgan fingerprint density at radius 1 is 1.22 bits per heavy atom. The highest BCUT2D eigenvalue weighted by Crippen LogP contribution is 2.06. The minimum atomic E-state index is 0.590. The van der Waals surface area contributed by atoms with Gasteiger partial charge in [-0.05, 0) is 0 Å². The Balaban J connectivity index is 1.90. The zero-order valence-electron chi connectivity index (χ0n) is 5.39. The van der Waals surface area contributed by atoms with E-state index in [0.29, 0.717) is 12.1 Å². The first kappa shape index (κ1) is 5.65. The van der Waals surface area contributed by atoms with Gasteiger partial charge in [0, 0.05) is 25.2 Å². The fourth-order valence-corrected chi connectivity index (χ4v) is 1.32. The fourth-order valence-electron chi connectivity index (χ4n) is 1.32. The Morgan fingerprint density at radius 3 is 3.00 bits per heavy atom. The number of rotatable bonds is 0. The third kappa shape index (κ3) is 0.956. The van der Waals surface area contributed by atoms with Crippen molar-refractivity contribution in [2.24, 2.45) is 0 Å². The molecule has 2 aliphatic rings. The maximum Gasteiger partial charge on any atom is 0.0636 e. The molecule has 2 heterocycles. The summed E-state index contributed by atoms with van der Waals surface area (Å²) in [6, 6.07) is 1.28. The lowest BCUT2D eigenvalue weighted by Crippen LogP contribution is -2.64. The smallest absolute Gasteiger partial charge is 0.0636 e. The molecule has 2 aliphatic heterocycles. The van der Waals surface area contributed by atoms with Crippen molar-refractivity contribution in [2.45, 2.75) is 12.1 Å². The fraction of sp³-hybridized carbons (Fsp3) is 1.00. The summed E-state index contributed by atoms with van der Waals surface area (Å²) in [6.07, 6.45) is 0. The summed E-state index contributed by atoms with van der Waals surface area (Å²) in [4.78, 5) is 0. The normalized spacial score (nSPS) is 42.7. The zero-order chi connectivity index (χ0) is 6.10. The molecular formula is C6H12N2O. The van der Waals surface area contributed by atoms with Crippen molar-refractivity contribution >= 4 is 0 Å². The summed E-state index contributed by atoms with van der Waals surface area (Å²) in [5, 5.41) is 6.69. The molecule has 0 radical (unpaired) electrons. The largest absolute Gasteiger partial charge is 0.378 e. The molecule has 0 saturated carbocycles. The van der Waals surface area contributed by atoms with Gasteiger partial charge in [-0.2, -0.15) is 0 Å². The van der Waals surface area contributed by atoms with Crippen LogP contribution in [0.5, 0.6) is 0 Å². The average molecular weight is 128 g/mol. The molecule has 3 heteroatoms. The Morgan fingerprint density at radius 2 is 2.22 bits per heavy atom. The van der Waals surface area contributed by atoms with Gasteiger partial charge in [0.2, 0.25) is 0 Å². The average Bonchev–Trinajstić information content (AvgIpc) is 1.94. The maximum atomic E-state index is 5.30. The van der Waals surface area contributed by atoms with Crippen LogP contribution in [0.1, 0.15) is 0 Å². The van der Waals surface area contributed by atoms with Crippen LogP contribution in [0.15, 0.2) is 0 Å². The van der Waals surface area contributed by atoms with E-state index in [1.165, 1.54) is 0 Å². The van der Waals surface area contributed by atoms with Crippen LogP contribution in [0.2, 0.25) is 0 Å². The molecule has 3 nitrogen and oxygen atoms in total. The molecule has 0 spiro atoms. The second-order valence-electron chi connectivity index (χ2n) is 2.65. The molecule has 0 aromatic heterocycles. The lowest BCUT2D eigenvalue weighted by Gasteiger charge is -2.36. The van der Waals surface area contributed by atoms with Crippen LogP contribution in [0.25, 0.3) is 0 Å². The van der Waals surface area contributed by atoms with Crippen molar-refractivity contribution in [3.63, 3.8) is 0 Å². The van der Waals surface area contributed by atoms with Crippen LogP contribution in [-0.2, 0) is 4.74 Å². The number of fused-ring (bicyclic) bond motifs is 1. The van der Waals surface area contributed by atoms with Gasteiger partial charge >= 0.3 is 0 Å². The van der Waals surface area contributed by atoms with E-state index in [9.17, 15) is 0 Å². The SMILES string of the molecule is C1COCC2NCC2N1. The molecule has 52 valence electrons. The van der Waals surface area contributed by atoms with Gasteiger partial charge in [0.1, 0.15) is 0 Å². The lowest BCUT2D eigenvalue weighted by atomic mass is 10.0. The standard InChI is InChI=1S/C6H12N2O/c1-2-9-4-6-5(7-1)3-8-6/h5-8H,1-4H2. The maximum absolute atomic E-state index is 5.30. The van der Waals surface area contributed by atoms with Crippen molar-refractivity contribution in [3.05, 3.63) is 0 Å². The van der Waals surface area contributed by atoms with Crippen LogP contribution >= 0.6 is 0 Å². The molecule has 2 saturated heterocycles. The van der Waals surface area contributed by atoms with Gasteiger partial charge < -0.3 is 15.4 Å². The van der Waals surface area contributed by atoms with E-state index in [1.54, 1.807) is 0 Å². The third-order valence-corrected chi connectivity index (χ3v) is 2.04. The molecule has 2 fully saturated rings. The van der Waals surface area contributed by atoms with Crippen molar-refractivity contribution in [1.82, 2.24) is 10.6 Å².